The number of aromatic nitrogens is 1. The van der Waals surface area contributed by atoms with Crippen molar-refractivity contribution in [2.24, 2.45) is 5.92 Å². The summed E-state index contributed by atoms with van der Waals surface area (Å²) >= 11 is 0. The Morgan fingerprint density at radius 1 is 1.14 bits per heavy atom. The Labute approximate surface area is 175 Å². The minimum absolute atomic E-state index is 0.250. The lowest BCUT2D eigenvalue weighted by Crippen LogP contribution is -2.54. The standard InChI is InChI=1S/C23H36N4O2/c28-23(25-20-5-1-2-6-20)9-8-19-17-26(18-21-7-3-4-11-24-21)12-10-22(19)27-13-15-29-16-14-27/h3-4,7,11,19-20,22H,1-2,5-6,8-10,12-18H2,(H,25,28)/t19-,22+/m0/s1. The van der Waals surface area contributed by atoms with E-state index in [4.69, 9.17) is 4.74 Å². The van der Waals surface area contributed by atoms with Crippen LogP contribution in [0.3, 0.4) is 0 Å². The summed E-state index contributed by atoms with van der Waals surface area (Å²) in [6, 6.07) is 7.13. The molecule has 3 fully saturated rings. The molecule has 6 nitrogen and oxygen atoms in total. The Bertz CT molecular complexity index is 629. The number of morpholine rings is 1. The Morgan fingerprint density at radius 3 is 2.72 bits per heavy atom. The first-order chi connectivity index (χ1) is 14.3. The van der Waals surface area contributed by atoms with E-state index in [0.29, 0.717) is 24.4 Å². The molecule has 1 N–H and O–H groups in total. The zero-order valence-electron chi connectivity index (χ0n) is 17.6. The molecule has 2 saturated heterocycles. The van der Waals surface area contributed by atoms with Gasteiger partial charge in [-0.05, 0) is 43.7 Å². The van der Waals surface area contributed by atoms with E-state index in [1.165, 1.54) is 19.3 Å². The van der Waals surface area contributed by atoms with E-state index in [-0.39, 0.29) is 5.91 Å². The minimum Gasteiger partial charge on any atom is -0.379 e. The third-order valence-electron chi connectivity index (χ3n) is 6.87. The molecular formula is C23H36N4O2. The van der Waals surface area contributed by atoms with Crippen LogP contribution in [0.5, 0.6) is 0 Å². The van der Waals surface area contributed by atoms with Crippen LogP contribution in [0.1, 0.15) is 50.6 Å². The van der Waals surface area contributed by atoms with Crippen molar-refractivity contribution in [3.8, 4) is 0 Å². The zero-order chi connectivity index (χ0) is 19.9. The molecule has 0 aromatic carbocycles. The average Bonchev–Trinajstić information content (AvgIpc) is 3.27. The second-order valence-electron chi connectivity index (χ2n) is 8.91. The Hall–Kier alpha value is -1.50. The number of nitrogens with one attached hydrogen (secondary N) is 1. The van der Waals surface area contributed by atoms with Crippen molar-refractivity contribution in [2.75, 3.05) is 39.4 Å². The van der Waals surface area contributed by atoms with Crippen LogP contribution in [-0.2, 0) is 16.1 Å². The van der Waals surface area contributed by atoms with Gasteiger partial charge in [-0.15, -0.1) is 0 Å². The molecule has 3 heterocycles. The summed E-state index contributed by atoms with van der Waals surface area (Å²) in [5.41, 5.74) is 1.13. The minimum atomic E-state index is 0.250. The molecule has 1 saturated carbocycles. The van der Waals surface area contributed by atoms with Crippen LogP contribution in [0.4, 0.5) is 0 Å². The van der Waals surface area contributed by atoms with Gasteiger partial charge in [0.25, 0.3) is 0 Å². The third kappa shape index (κ3) is 6.00. The molecule has 3 aliphatic rings. The molecule has 0 radical (unpaired) electrons. The van der Waals surface area contributed by atoms with Crippen molar-refractivity contribution in [3.63, 3.8) is 0 Å². The van der Waals surface area contributed by atoms with Crippen molar-refractivity contribution in [1.29, 1.82) is 0 Å². The van der Waals surface area contributed by atoms with Crippen LogP contribution in [-0.4, -0.2) is 72.2 Å². The van der Waals surface area contributed by atoms with Gasteiger partial charge in [0.2, 0.25) is 5.91 Å². The summed E-state index contributed by atoms with van der Waals surface area (Å²) in [5.74, 6) is 0.777. The molecule has 1 amide bonds. The fourth-order valence-corrected chi connectivity index (χ4v) is 5.32. The van der Waals surface area contributed by atoms with Crippen LogP contribution >= 0.6 is 0 Å². The predicted octanol–water partition coefficient (Wildman–Crippen LogP) is 2.44. The number of ether oxygens (including phenoxy) is 1. The molecule has 160 valence electrons. The van der Waals surface area contributed by atoms with Crippen LogP contribution < -0.4 is 5.32 Å². The quantitative estimate of drug-likeness (QED) is 0.762. The lowest BCUT2D eigenvalue weighted by Gasteiger charge is -2.45. The number of carbonyl (C=O) groups excluding carboxylic acids is 1. The van der Waals surface area contributed by atoms with Crippen molar-refractivity contribution >= 4 is 5.91 Å². The average molecular weight is 401 g/mol. The van der Waals surface area contributed by atoms with E-state index in [2.05, 4.69) is 32.2 Å². The Kier molecular flexibility index (Phi) is 7.52. The topological polar surface area (TPSA) is 57.7 Å². The highest BCUT2D eigenvalue weighted by atomic mass is 16.5. The zero-order valence-corrected chi connectivity index (χ0v) is 17.6. The molecule has 1 aromatic heterocycles. The van der Waals surface area contributed by atoms with Gasteiger partial charge < -0.3 is 10.1 Å². The predicted molar refractivity (Wildman–Crippen MR) is 113 cm³/mol. The highest BCUT2D eigenvalue weighted by Crippen LogP contribution is 2.28. The highest BCUT2D eigenvalue weighted by molar-refractivity contribution is 5.76. The lowest BCUT2D eigenvalue weighted by atomic mass is 9.86. The number of hydrogen-bond acceptors (Lipinski definition) is 5. The summed E-state index contributed by atoms with van der Waals surface area (Å²) in [5, 5.41) is 3.27. The molecule has 29 heavy (non-hydrogen) atoms. The van der Waals surface area contributed by atoms with Gasteiger partial charge in [-0.25, -0.2) is 0 Å². The number of carbonyl (C=O) groups is 1. The van der Waals surface area contributed by atoms with E-state index in [1.54, 1.807) is 0 Å². The largest absolute Gasteiger partial charge is 0.379 e. The Morgan fingerprint density at radius 2 is 1.97 bits per heavy atom. The maximum atomic E-state index is 12.5. The van der Waals surface area contributed by atoms with Crippen LogP contribution in [0, 0.1) is 5.92 Å². The van der Waals surface area contributed by atoms with Gasteiger partial charge >= 0.3 is 0 Å². The lowest BCUT2D eigenvalue weighted by molar-refractivity contribution is -0.122. The first-order valence-corrected chi connectivity index (χ1v) is 11.5. The first-order valence-electron chi connectivity index (χ1n) is 11.5. The summed E-state index contributed by atoms with van der Waals surface area (Å²) in [6.07, 6.45) is 9.50. The smallest absolute Gasteiger partial charge is 0.220 e. The second kappa shape index (κ2) is 10.5. The van der Waals surface area contributed by atoms with Crippen LogP contribution in [0.2, 0.25) is 0 Å². The van der Waals surface area contributed by atoms with E-state index in [0.717, 1.165) is 70.9 Å². The highest BCUT2D eigenvalue weighted by Gasteiger charge is 2.34. The molecule has 0 bridgehead atoms. The Balaban J connectivity index is 1.34. The van der Waals surface area contributed by atoms with Gasteiger partial charge in [0, 0.05) is 57.4 Å². The molecule has 2 atom stereocenters. The molecule has 0 unspecified atom stereocenters. The summed E-state index contributed by atoms with van der Waals surface area (Å²) < 4.78 is 5.57. The van der Waals surface area contributed by atoms with Crippen molar-refractivity contribution in [3.05, 3.63) is 30.1 Å². The molecular weight excluding hydrogens is 364 g/mol. The molecule has 2 aliphatic heterocycles. The fourth-order valence-electron chi connectivity index (χ4n) is 5.32. The van der Waals surface area contributed by atoms with E-state index in [1.807, 2.05) is 12.3 Å². The van der Waals surface area contributed by atoms with E-state index in [9.17, 15) is 4.79 Å². The number of hydrogen-bond donors (Lipinski definition) is 1. The van der Waals surface area contributed by atoms with E-state index < -0.39 is 0 Å². The molecule has 1 aliphatic carbocycles. The fraction of sp³-hybridized carbons (Fsp3) is 0.739. The molecule has 0 spiro atoms. The SMILES string of the molecule is O=C(CC[C@H]1CN(Cc2ccccn2)CC[C@H]1N1CCOCC1)NC1CCCC1. The monoisotopic (exact) mass is 400 g/mol. The molecule has 4 rings (SSSR count). The van der Waals surface area contributed by atoms with Crippen molar-refractivity contribution in [2.45, 2.75) is 63.6 Å². The summed E-state index contributed by atoms with van der Waals surface area (Å²) in [6.45, 7) is 6.78. The second-order valence-corrected chi connectivity index (χ2v) is 8.91. The maximum absolute atomic E-state index is 12.5. The van der Waals surface area contributed by atoms with Gasteiger partial charge in [-0.2, -0.15) is 0 Å². The number of likely N-dealkylation sites (tertiary alicyclic amines) is 1. The normalized spacial score (nSPS) is 27.2. The first kappa shape index (κ1) is 20.8. The number of nitrogens with zero attached hydrogens (tertiary/aromatic N) is 3. The van der Waals surface area contributed by atoms with Gasteiger partial charge in [0.1, 0.15) is 0 Å². The summed E-state index contributed by atoms with van der Waals surface area (Å²) in [7, 11) is 0. The number of rotatable bonds is 7. The van der Waals surface area contributed by atoms with Crippen molar-refractivity contribution < 1.29 is 9.53 Å². The van der Waals surface area contributed by atoms with Crippen LogP contribution in [0.25, 0.3) is 0 Å². The maximum Gasteiger partial charge on any atom is 0.220 e. The summed E-state index contributed by atoms with van der Waals surface area (Å²) in [4.78, 5) is 22.2. The van der Waals surface area contributed by atoms with E-state index >= 15 is 0 Å². The number of amides is 1. The number of piperidine rings is 1. The van der Waals surface area contributed by atoms with Crippen LogP contribution in [0.15, 0.2) is 24.4 Å². The van der Waals surface area contributed by atoms with Gasteiger partial charge in [-0.3, -0.25) is 19.6 Å². The van der Waals surface area contributed by atoms with Gasteiger partial charge in [0.05, 0.1) is 18.9 Å². The van der Waals surface area contributed by atoms with Crippen molar-refractivity contribution in [1.82, 2.24) is 20.1 Å². The molecule has 6 heteroatoms. The molecule has 1 aromatic rings. The van der Waals surface area contributed by atoms with Gasteiger partial charge in [0.15, 0.2) is 0 Å². The third-order valence-corrected chi connectivity index (χ3v) is 6.87. The number of pyridine rings is 1. The van der Waals surface area contributed by atoms with Gasteiger partial charge in [-0.1, -0.05) is 18.9 Å².